The minimum Gasteiger partial charge on any atom is -0.456 e. The number of allylic oxidation sites excluding steroid dienone is 2. The number of aromatic nitrogens is 2. The maximum Gasteiger partial charge on any atom is 0.490 e. The predicted octanol–water partition coefficient (Wildman–Crippen LogP) is 9.29. The second-order valence-electron chi connectivity index (χ2n) is 18.8. The zero-order valence-corrected chi connectivity index (χ0v) is 31.5. The summed E-state index contributed by atoms with van der Waals surface area (Å²) in [5.41, 5.74) is 0.800. The minimum atomic E-state index is -5.02. The van der Waals surface area contributed by atoms with Crippen LogP contribution in [0.4, 0.5) is 13.2 Å². The molecule has 5 aliphatic carbocycles. The lowest BCUT2D eigenvalue weighted by atomic mass is 9.33. The molecule has 52 heavy (non-hydrogen) atoms. The third kappa shape index (κ3) is 5.44. The normalized spacial score (nSPS) is 37.7. The predicted molar refractivity (Wildman–Crippen MR) is 186 cm³/mol. The molecule has 1 heterocycles. The molecule has 5 aliphatic rings. The van der Waals surface area contributed by atoms with E-state index in [4.69, 9.17) is 14.1 Å². The third-order valence-corrected chi connectivity index (χ3v) is 15.6. The van der Waals surface area contributed by atoms with E-state index >= 15 is 0 Å². The van der Waals surface area contributed by atoms with Crippen LogP contribution in [0.15, 0.2) is 46.6 Å². The highest BCUT2D eigenvalue weighted by Gasteiger charge is 2.70. The molecule has 1 aromatic heterocycles. The molecule has 4 saturated carbocycles. The number of halogens is 3. The summed E-state index contributed by atoms with van der Waals surface area (Å²) >= 11 is 0. The van der Waals surface area contributed by atoms with E-state index in [9.17, 15) is 28.0 Å². The minimum absolute atomic E-state index is 0.0183. The van der Waals surface area contributed by atoms with E-state index in [1.54, 1.807) is 0 Å². The van der Waals surface area contributed by atoms with Gasteiger partial charge in [0.1, 0.15) is 6.10 Å². The smallest absolute Gasteiger partial charge is 0.456 e. The van der Waals surface area contributed by atoms with Crippen LogP contribution >= 0.6 is 0 Å². The SMILES string of the molecule is CC1(C)CC[C@]2(C(=O)OCc3c(-c4ccccc4)no[n+]3[O-])CC[C@]3(C)C(=CC[C@@H]4[C@@]5(C)CC[C@H](OC(=O)C(F)(F)F)C(C)(C)[C@@H]5CC[C@]43C)[C@@H]2C1. The van der Waals surface area contributed by atoms with Gasteiger partial charge in [0.25, 0.3) is 5.69 Å². The van der Waals surface area contributed by atoms with E-state index in [0.29, 0.717) is 41.8 Å². The van der Waals surface area contributed by atoms with Crippen LogP contribution in [0.25, 0.3) is 11.3 Å². The first-order valence-corrected chi connectivity index (χ1v) is 19.0. The Morgan fingerprint density at radius 3 is 2.33 bits per heavy atom. The first-order valence-electron chi connectivity index (χ1n) is 19.0. The van der Waals surface area contributed by atoms with Gasteiger partial charge in [-0.3, -0.25) is 9.42 Å². The van der Waals surface area contributed by atoms with Gasteiger partial charge in [-0.1, -0.05) is 90.4 Å². The van der Waals surface area contributed by atoms with Gasteiger partial charge in [-0.2, -0.15) is 13.2 Å². The lowest BCUT2D eigenvalue weighted by Gasteiger charge is -2.71. The molecule has 0 N–H and O–H groups in total. The molecule has 11 heteroatoms. The fourth-order valence-corrected chi connectivity index (χ4v) is 12.5. The highest BCUT2D eigenvalue weighted by Crippen LogP contribution is 2.76. The molecule has 1 aromatic carbocycles. The van der Waals surface area contributed by atoms with Crippen molar-refractivity contribution in [3.05, 3.63) is 52.9 Å². The van der Waals surface area contributed by atoms with E-state index in [-0.39, 0.29) is 57.7 Å². The van der Waals surface area contributed by atoms with Crippen molar-refractivity contribution >= 4 is 11.9 Å². The Labute approximate surface area is 304 Å². The average molecular weight is 727 g/mol. The molecule has 0 spiro atoms. The van der Waals surface area contributed by atoms with Crippen LogP contribution in [0.1, 0.15) is 118 Å². The maximum absolute atomic E-state index is 14.5. The molecule has 284 valence electrons. The Hall–Kier alpha value is -3.37. The summed E-state index contributed by atoms with van der Waals surface area (Å²) in [5, 5.41) is 16.6. The van der Waals surface area contributed by atoms with E-state index in [2.05, 4.69) is 45.9 Å². The molecule has 0 radical (unpaired) electrons. The van der Waals surface area contributed by atoms with Gasteiger partial charge in [-0.25, -0.2) is 4.79 Å². The van der Waals surface area contributed by atoms with Crippen molar-refractivity contribution in [1.29, 1.82) is 0 Å². The zero-order chi connectivity index (χ0) is 37.7. The quantitative estimate of drug-likeness (QED) is 0.172. The van der Waals surface area contributed by atoms with Gasteiger partial charge in [-0.15, -0.1) is 0 Å². The van der Waals surface area contributed by atoms with E-state index in [1.165, 1.54) is 5.57 Å². The Morgan fingerprint density at radius 1 is 0.942 bits per heavy atom. The maximum atomic E-state index is 14.5. The van der Waals surface area contributed by atoms with Gasteiger partial charge in [0.2, 0.25) is 5.69 Å². The summed E-state index contributed by atoms with van der Waals surface area (Å²) in [4.78, 5) is 26.8. The number of carbonyl (C=O) groups excluding carboxylic acids is 2. The van der Waals surface area contributed by atoms with Crippen molar-refractivity contribution in [3.63, 3.8) is 0 Å². The van der Waals surface area contributed by atoms with Gasteiger partial charge in [0.15, 0.2) is 6.61 Å². The van der Waals surface area contributed by atoms with Crippen LogP contribution in [0.2, 0.25) is 0 Å². The van der Waals surface area contributed by atoms with Crippen LogP contribution < -0.4 is 4.90 Å². The number of hydrogen-bond acceptors (Lipinski definition) is 7. The molecule has 2 aromatic rings. The summed E-state index contributed by atoms with van der Waals surface area (Å²) in [7, 11) is 0. The topological polar surface area (TPSA) is 106 Å². The van der Waals surface area contributed by atoms with E-state index < -0.39 is 29.1 Å². The highest BCUT2D eigenvalue weighted by atomic mass is 19.4. The van der Waals surface area contributed by atoms with E-state index in [0.717, 1.165) is 38.5 Å². The number of benzene rings is 1. The fourth-order valence-electron chi connectivity index (χ4n) is 12.5. The van der Waals surface area contributed by atoms with Crippen molar-refractivity contribution < 1.29 is 41.8 Å². The molecular weight excluding hydrogens is 673 g/mol. The van der Waals surface area contributed by atoms with E-state index in [1.807, 2.05) is 44.2 Å². The van der Waals surface area contributed by atoms with Crippen molar-refractivity contribution in [2.45, 2.75) is 132 Å². The number of fused-ring (bicyclic) bond motifs is 7. The van der Waals surface area contributed by atoms with Crippen molar-refractivity contribution in [3.8, 4) is 11.3 Å². The van der Waals surface area contributed by atoms with Crippen molar-refractivity contribution in [2.75, 3.05) is 0 Å². The Bertz CT molecular complexity index is 1770. The molecule has 0 amide bonds. The summed E-state index contributed by atoms with van der Waals surface area (Å²) in [6.07, 6.45) is 4.22. The Morgan fingerprint density at radius 2 is 1.63 bits per heavy atom. The first-order chi connectivity index (χ1) is 24.2. The van der Waals surface area contributed by atoms with Gasteiger partial charge < -0.3 is 14.7 Å². The zero-order valence-electron chi connectivity index (χ0n) is 31.5. The van der Waals surface area contributed by atoms with Crippen LogP contribution in [-0.4, -0.2) is 29.4 Å². The molecule has 0 bridgehead atoms. The summed E-state index contributed by atoms with van der Waals surface area (Å²) in [6.45, 7) is 15.5. The number of ether oxygens (including phenoxy) is 2. The number of nitrogens with zero attached hydrogens (tertiary/aromatic N) is 2. The van der Waals surface area contributed by atoms with Gasteiger partial charge in [0.05, 0.1) is 5.41 Å². The van der Waals surface area contributed by atoms with Gasteiger partial charge >= 0.3 is 18.1 Å². The Balaban J connectivity index is 1.18. The standard InChI is InChI=1S/C41H53F3N2O6/c1-35(2)19-21-40(33(47)50-24-28-32(45-52-46(28)49)25-11-9-8-10-12-25)22-20-38(6)26(27(40)23-35)13-14-30-37(5)17-16-31(51-34(48)41(42,43)44)36(3,4)29(37)15-18-39(30,38)7/h8-13,27,29-31H,14-24H2,1-7H3/t27-,29-,30+,31-,37-,38+,39+,40-/m0/s1. The fraction of sp³-hybridized carbons (Fsp3) is 0.707. The van der Waals surface area contributed by atoms with Crippen LogP contribution in [0.3, 0.4) is 0 Å². The molecule has 8 nitrogen and oxygen atoms in total. The monoisotopic (exact) mass is 726 g/mol. The van der Waals surface area contributed by atoms with Crippen molar-refractivity contribution in [2.24, 2.45) is 50.2 Å². The Kier molecular flexibility index (Phi) is 8.58. The molecule has 7 rings (SSSR count). The van der Waals surface area contributed by atoms with Gasteiger partial charge in [-0.05, 0) is 109 Å². The molecule has 0 aliphatic heterocycles. The number of carbonyl (C=O) groups is 2. The second-order valence-corrected chi connectivity index (χ2v) is 18.8. The molecule has 0 saturated heterocycles. The molecule has 0 unspecified atom stereocenters. The summed E-state index contributed by atoms with van der Waals surface area (Å²) in [6, 6.07) is 9.22. The lowest BCUT2D eigenvalue weighted by molar-refractivity contribution is -0.808. The van der Waals surface area contributed by atoms with Gasteiger partial charge in [0, 0.05) is 16.1 Å². The molecule has 8 atom stereocenters. The first kappa shape index (κ1) is 37.0. The second kappa shape index (κ2) is 12.1. The number of esters is 2. The third-order valence-electron chi connectivity index (χ3n) is 15.6. The number of hydrogen-bond donors (Lipinski definition) is 0. The molecule has 4 fully saturated rings. The number of rotatable bonds is 5. The van der Waals surface area contributed by atoms with Crippen LogP contribution in [0, 0.1) is 55.5 Å². The van der Waals surface area contributed by atoms with Crippen LogP contribution in [0.5, 0.6) is 0 Å². The lowest BCUT2D eigenvalue weighted by Crippen LogP contribution is -2.65. The largest absolute Gasteiger partial charge is 0.490 e. The summed E-state index contributed by atoms with van der Waals surface area (Å²) < 4.78 is 56.0. The highest BCUT2D eigenvalue weighted by molar-refractivity contribution is 5.79. The number of alkyl halides is 3. The van der Waals surface area contributed by atoms with Crippen LogP contribution in [-0.2, 0) is 25.7 Å². The summed E-state index contributed by atoms with van der Waals surface area (Å²) in [5.74, 6) is -2.02. The average Bonchev–Trinajstić information content (AvgIpc) is 3.44. The van der Waals surface area contributed by atoms with Crippen molar-refractivity contribution in [1.82, 2.24) is 5.16 Å². The molecular formula is C41H53F3N2O6.